The fourth-order valence-corrected chi connectivity index (χ4v) is 2.43. The summed E-state index contributed by atoms with van der Waals surface area (Å²) in [5.41, 5.74) is 6.43. The molecule has 1 fully saturated rings. The van der Waals surface area contributed by atoms with Crippen LogP contribution in [0.3, 0.4) is 0 Å². The van der Waals surface area contributed by atoms with Crippen LogP contribution in [0, 0.1) is 0 Å². The van der Waals surface area contributed by atoms with Gasteiger partial charge in [0.25, 0.3) is 0 Å². The van der Waals surface area contributed by atoms with Crippen molar-refractivity contribution in [3.8, 4) is 0 Å². The molecule has 0 amide bonds. The first-order valence-electron chi connectivity index (χ1n) is 6.72. The number of aliphatic hydroxyl groups excluding tert-OH is 1. The highest BCUT2D eigenvalue weighted by atomic mass is 16.5. The second-order valence-electron chi connectivity index (χ2n) is 5.52. The lowest BCUT2D eigenvalue weighted by atomic mass is 9.89. The monoisotopic (exact) mass is 265 g/mol. The van der Waals surface area contributed by atoms with Gasteiger partial charge in [0.2, 0.25) is 0 Å². The van der Waals surface area contributed by atoms with Gasteiger partial charge in [-0.25, -0.2) is 4.98 Å². The number of rotatable bonds is 4. The van der Waals surface area contributed by atoms with Crippen LogP contribution in [0.1, 0.15) is 19.4 Å². The van der Waals surface area contributed by atoms with Crippen LogP contribution in [0.4, 0.5) is 5.82 Å². The minimum absolute atomic E-state index is 0.300. The van der Waals surface area contributed by atoms with Gasteiger partial charge >= 0.3 is 0 Å². The predicted octanol–water partition coefficient (Wildman–Crippen LogP) is 0.678. The molecule has 0 aliphatic carbocycles. The highest BCUT2D eigenvalue weighted by Gasteiger charge is 2.35. The number of nitrogen functional groups attached to an aromatic ring is 1. The number of ether oxygens (including phenoxy) is 1. The minimum atomic E-state index is -0.489. The molecule has 1 unspecified atom stereocenters. The molecule has 1 aromatic heterocycles. The van der Waals surface area contributed by atoms with Gasteiger partial charge in [0.05, 0.1) is 19.3 Å². The predicted molar refractivity (Wildman–Crippen MR) is 74.8 cm³/mol. The third-order valence-electron chi connectivity index (χ3n) is 3.98. The summed E-state index contributed by atoms with van der Waals surface area (Å²) in [6, 6.07) is 3.76. The van der Waals surface area contributed by atoms with Gasteiger partial charge in [-0.05, 0) is 25.5 Å². The third-order valence-corrected chi connectivity index (χ3v) is 3.98. The van der Waals surface area contributed by atoms with Crippen molar-refractivity contribution < 1.29 is 9.84 Å². The van der Waals surface area contributed by atoms with Crippen LogP contribution in [0.2, 0.25) is 0 Å². The summed E-state index contributed by atoms with van der Waals surface area (Å²) in [6.07, 6.45) is 1.69. The number of nitrogens with two attached hydrogens (primary N) is 1. The quantitative estimate of drug-likeness (QED) is 0.837. The molecule has 0 bridgehead atoms. The molecule has 0 saturated carbocycles. The molecule has 0 aromatic carbocycles. The lowest BCUT2D eigenvalue weighted by Crippen LogP contribution is -2.56. The number of morpholine rings is 1. The molecule has 0 radical (unpaired) electrons. The summed E-state index contributed by atoms with van der Waals surface area (Å²) in [4.78, 5) is 6.33. The molecular formula is C14H23N3O2. The van der Waals surface area contributed by atoms with E-state index in [4.69, 9.17) is 10.5 Å². The van der Waals surface area contributed by atoms with Gasteiger partial charge < -0.3 is 15.6 Å². The zero-order valence-corrected chi connectivity index (χ0v) is 11.7. The third kappa shape index (κ3) is 3.23. The Morgan fingerprint density at radius 3 is 2.79 bits per heavy atom. The average Bonchev–Trinajstić information content (AvgIpc) is 2.42. The minimum Gasteiger partial charge on any atom is -0.391 e. The van der Waals surface area contributed by atoms with Crippen molar-refractivity contribution in [1.29, 1.82) is 0 Å². The van der Waals surface area contributed by atoms with E-state index < -0.39 is 6.10 Å². The number of hydrogen-bond acceptors (Lipinski definition) is 5. The number of aliphatic hydroxyl groups is 1. The summed E-state index contributed by atoms with van der Waals surface area (Å²) in [5.74, 6) is 0.499. The number of aromatic nitrogens is 1. The normalized spacial score (nSPS) is 19.3. The van der Waals surface area contributed by atoms with Crippen molar-refractivity contribution in [3.63, 3.8) is 0 Å². The van der Waals surface area contributed by atoms with E-state index in [1.807, 2.05) is 12.1 Å². The Kier molecular flexibility index (Phi) is 4.39. The van der Waals surface area contributed by atoms with Crippen molar-refractivity contribution >= 4 is 5.82 Å². The van der Waals surface area contributed by atoms with E-state index in [0.29, 0.717) is 12.2 Å². The van der Waals surface area contributed by atoms with Gasteiger partial charge in [0.15, 0.2) is 0 Å². The first-order chi connectivity index (χ1) is 9.01. The van der Waals surface area contributed by atoms with E-state index in [9.17, 15) is 5.11 Å². The second-order valence-corrected chi connectivity index (χ2v) is 5.52. The Labute approximate surface area is 114 Å². The Balaban J connectivity index is 2.05. The molecule has 19 heavy (non-hydrogen) atoms. The van der Waals surface area contributed by atoms with Crippen LogP contribution >= 0.6 is 0 Å². The maximum Gasteiger partial charge on any atom is 0.126 e. The highest BCUT2D eigenvalue weighted by molar-refractivity contribution is 5.39. The van der Waals surface area contributed by atoms with Crippen LogP contribution in [0.5, 0.6) is 0 Å². The molecule has 0 spiro atoms. The summed E-state index contributed by atoms with van der Waals surface area (Å²) in [5, 5.41) is 10.5. The van der Waals surface area contributed by atoms with Gasteiger partial charge in [-0.2, -0.15) is 0 Å². The first-order valence-corrected chi connectivity index (χ1v) is 6.72. The first kappa shape index (κ1) is 14.2. The molecule has 1 aromatic rings. The number of hydrogen-bond donors (Lipinski definition) is 2. The van der Waals surface area contributed by atoms with Crippen molar-refractivity contribution in [2.75, 3.05) is 32.0 Å². The second kappa shape index (κ2) is 5.86. The maximum atomic E-state index is 10.5. The Morgan fingerprint density at radius 1 is 1.47 bits per heavy atom. The molecule has 1 aliphatic heterocycles. The summed E-state index contributed by atoms with van der Waals surface area (Å²) < 4.78 is 5.36. The van der Waals surface area contributed by atoms with Crippen LogP contribution in [0.15, 0.2) is 18.3 Å². The van der Waals surface area contributed by atoms with Gasteiger partial charge in [-0.15, -0.1) is 0 Å². The molecular weight excluding hydrogens is 242 g/mol. The Bertz CT molecular complexity index is 417. The largest absolute Gasteiger partial charge is 0.391 e. The van der Waals surface area contributed by atoms with E-state index in [-0.39, 0.29) is 5.54 Å². The van der Waals surface area contributed by atoms with E-state index in [1.54, 1.807) is 6.20 Å². The molecule has 1 atom stereocenters. The number of nitrogens with zero attached hydrogens (tertiary/aromatic N) is 2. The number of pyridine rings is 1. The van der Waals surface area contributed by atoms with E-state index in [1.165, 1.54) is 0 Å². The lowest BCUT2D eigenvalue weighted by molar-refractivity contribution is -0.0611. The van der Waals surface area contributed by atoms with Gasteiger partial charge in [0.1, 0.15) is 5.82 Å². The van der Waals surface area contributed by atoms with Crippen LogP contribution in [-0.4, -0.2) is 52.9 Å². The summed E-state index contributed by atoms with van der Waals surface area (Å²) in [6.45, 7) is 7.29. The fourth-order valence-electron chi connectivity index (χ4n) is 2.43. The molecule has 2 rings (SSSR count). The Hall–Kier alpha value is -1.17. The van der Waals surface area contributed by atoms with Crippen LogP contribution in [0.25, 0.3) is 0 Å². The fraction of sp³-hybridized carbons (Fsp3) is 0.643. The van der Waals surface area contributed by atoms with Gasteiger partial charge in [0, 0.05) is 31.2 Å². The zero-order valence-electron chi connectivity index (χ0n) is 11.7. The van der Waals surface area contributed by atoms with Gasteiger partial charge in [-0.3, -0.25) is 4.90 Å². The topological polar surface area (TPSA) is 71.6 Å². The lowest BCUT2D eigenvalue weighted by Gasteiger charge is -2.43. The van der Waals surface area contributed by atoms with E-state index >= 15 is 0 Å². The van der Waals surface area contributed by atoms with Crippen molar-refractivity contribution in [2.24, 2.45) is 0 Å². The van der Waals surface area contributed by atoms with Crippen LogP contribution < -0.4 is 5.73 Å². The summed E-state index contributed by atoms with van der Waals surface area (Å²) in [7, 11) is 0. The molecule has 2 heterocycles. The molecule has 1 saturated heterocycles. The highest BCUT2D eigenvalue weighted by Crippen LogP contribution is 2.24. The molecule has 106 valence electrons. The molecule has 5 heteroatoms. The van der Waals surface area contributed by atoms with Crippen molar-refractivity contribution in [2.45, 2.75) is 31.9 Å². The summed E-state index contributed by atoms with van der Waals surface area (Å²) >= 11 is 0. The zero-order chi connectivity index (χ0) is 13.9. The molecule has 5 nitrogen and oxygen atoms in total. The molecule has 3 N–H and O–H groups in total. The Morgan fingerprint density at radius 2 is 2.16 bits per heavy atom. The number of anilines is 1. The molecule has 1 aliphatic rings. The van der Waals surface area contributed by atoms with Gasteiger partial charge in [-0.1, -0.05) is 6.07 Å². The van der Waals surface area contributed by atoms with Crippen LogP contribution in [-0.2, 0) is 11.2 Å². The van der Waals surface area contributed by atoms with Crippen molar-refractivity contribution in [1.82, 2.24) is 9.88 Å². The smallest absolute Gasteiger partial charge is 0.126 e. The average molecular weight is 265 g/mol. The van der Waals surface area contributed by atoms with E-state index in [2.05, 4.69) is 23.7 Å². The maximum absolute atomic E-state index is 10.5. The SMILES string of the molecule is CC(C)(C(O)Cc1cccnc1N)N1CCOCC1. The standard InChI is InChI=1S/C14H23N3O2/c1-14(2,17-6-8-19-9-7-17)12(18)10-11-4-3-5-16-13(11)15/h3-5,12,18H,6-10H2,1-2H3,(H2,15,16). The van der Waals surface area contributed by atoms with E-state index in [0.717, 1.165) is 31.9 Å². The van der Waals surface area contributed by atoms with Crippen molar-refractivity contribution in [3.05, 3.63) is 23.9 Å².